The Morgan fingerprint density at radius 1 is 1.13 bits per heavy atom. The van der Waals surface area contributed by atoms with Gasteiger partial charge in [0, 0.05) is 25.0 Å². The fourth-order valence-electron chi connectivity index (χ4n) is 2.79. The Kier molecular flexibility index (Phi) is 3.76. The van der Waals surface area contributed by atoms with E-state index in [4.69, 9.17) is 4.74 Å². The molecule has 0 spiro atoms. The predicted octanol–water partition coefficient (Wildman–Crippen LogP) is 1.47. The van der Waals surface area contributed by atoms with Crippen LogP contribution in [-0.4, -0.2) is 43.0 Å². The molecule has 0 atom stereocenters. The number of morpholine rings is 1. The van der Waals surface area contributed by atoms with Gasteiger partial charge in [0.15, 0.2) is 0 Å². The molecule has 0 aromatic rings. The third-order valence-electron chi connectivity index (χ3n) is 3.83. The van der Waals surface area contributed by atoms with E-state index in [1.807, 2.05) is 0 Å². The topological polar surface area (TPSA) is 29.5 Å². The van der Waals surface area contributed by atoms with Crippen LogP contribution >= 0.6 is 0 Å². The summed E-state index contributed by atoms with van der Waals surface area (Å²) in [5.74, 6) is 0.734. The lowest BCUT2D eigenvalue weighted by molar-refractivity contribution is -0.122. The van der Waals surface area contributed by atoms with Crippen LogP contribution in [0.3, 0.4) is 0 Å². The van der Waals surface area contributed by atoms with Gasteiger partial charge in [0.1, 0.15) is 5.78 Å². The molecule has 0 aromatic heterocycles. The number of carbonyl (C=O) groups is 1. The molecular weight excluding hydrogens is 190 g/mol. The van der Waals surface area contributed by atoms with Crippen LogP contribution in [0.5, 0.6) is 0 Å². The minimum Gasteiger partial charge on any atom is -0.379 e. The quantitative estimate of drug-likeness (QED) is 0.692. The average molecular weight is 211 g/mol. The predicted molar refractivity (Wildman–Crippen MR) is 58.8 cm³/mol. The van der Waals surface area contributed by atoms with Crippen LogP contribution in [0.25, 0.3) is 0 Å². The molecule has 2 fully saturated rings. The highest BCUT2D eigenvalue weighted by Gasteiger charge is 2.28. The van der Waals surface area contributed by atoms with Crippen LogP contribution in [0.1, 0.15) is 32.6 Å². The summed E-state index contributed by atoms with van der Waals surface area (Å²) in [7, 11) is 0. The summed E-state index contributed by atoms with van der Waals surface area (Å²) < 4.78 is 5.35. The van der Waals surface area contributed by atoms with Gasteiger partial charge < -0.3 is 4.74 Å². The van der Waals surface area contributed by atoms with Crippen LogP contribution in [0.15, 0.2) is 0 Å². The maximum Gasteiger partial charge on any atom is 0.132 e. The van der Waals surface area contributed by atoms with E-state index in [0.717, 1.165) is 39.1 Å². The molecule has 1 aliphatic heterocycles. The molecule has 3 nitrogen and oxygen atoms in total. The van der Waals surface area contributed by atoms with Crippen molar-refractivity contribution >= 4 is 5.78 Å². The second-order valence-corrected chi connectivity index (χ2v) is 4.76. The minimum atomic E-state index is 0.349. The van der Waals surface area contributed by atoms with E-state index in [1.165, 1.54) is 12.8 Å². The molecular formula is C12H21NO2. The summed E-state index contributed by atoms with van der Waals surface area (Å²) in [5, 5.41) is 0. The second-order valence-electron chi connectivity index (χ2n) is 4.76. The Balaban J connectivity index is 1.79. The Bertz CT molecular complexity index is 216. The molecule has 15 heavy (non-hydrogen) atoms. The number of Topliss-reactive ketones (excluding diaryl/α,β-unsaturated/α-hetero) is 1. The zero-order chi connectivity index (χ0) is 10.7. The second kappa shape index (κ2) is 5.08. The summed E-state index contributed by atoms with van der Waals surface area (Å²) in [4.78, 5) is 13.8. The summed E-state index contributed by atoms with van der Waals surface area (Å²) in [6.07, 6.45) is 4.59. The van der Waals surface area contributed by atoms with Crippen molar-refractivity contribution in [3.05, 3.63) is 0 Å². The average Bonchev–Trinajstić information content (AvgIpc) is 2.30. The highest BCUT2D eigenvalue weighted by atomic mass is 16.5. The first kappa shape index (κ1) is 11.1. The van der Waals surface area contributed by atoms with Crippen molar-refractivity contribution in [2.24, 2.45) is 5.92 Å². The zero-order valence-electron chi connectivity index (χ0n) is 9.58. The van der Waals surface area contributed by atoms with Crippen molar-refractivity contribution in [2.45, 2.75) is 38.6 Å². The van der Waals surface area contributed by atoms with Crippen LogP contribution in [-0.2, 0) is 9.53 Å². The van der Waals surface area contributed by atoms with E-state index in [0.29, 0.717) is 17.7 Å². The molecule has 1 saturated heterocycles. The minimum absolute atomic E-state index is 0.349. The van der Waals surface area contributed by atoms with Crippen molar-refractivity contribution in [1.29, 1.82) is 0 Å². The third kappa shape index (κ3) is 2.79. The number of rotatable bonds is 2. The molecule has 0 radical (unpaired) electrons. The van der Waals surface area contributed by atoms with Gasteiger partial charge in [-0.15, -0.1) is 0 Å². The van der Waals surface area contributed by atoms with Gasteiger partial charge in [-0.25, -0.2) is 0 Å². The Morgan fingerprint density at radius 2 is 1.73 bits per heavy atom. The lowest BCUT2D eigenvalue weighted by atomic mass is 9.83. The van der Waals surface area contributed by atoms with Crippen LogP contribution in [0.4, 0.5) is 0 Å². The first-order valence-electron chi connectivity index (χ1n) is 6.09. The molecule has 1 aliphatic carbocycles. The maximum absolute atomic E-state index is 11.2. The fraction of sp³-hybridized carbons (Fsp3) is 0.917. The molecule has 86 valence electrons. The van der Waals surface area contributed by atoms with E-state index < -0.39 is 0 Å². The summed E-state index contributed by atoms with van der Waals surface area (Å²) >= 11 is 0. The largest absolute Gasteiger partial charge is 0.379 e. The number of hydrogen-bond donors (Lipinski definition) is 0. The number of ether oxygens (including phenoxy) is 1. The lowest BCUT2D eigenvalue weighted by Crippen LogP contribution is -2.45. The fourth-order valence-corrected chi connectivity index (χ4v) is 2.79. The van der Waals surface area contributed by atoms with Crippen molar-refractivity contribution in [3.63, 3.8) is 0 Å². The van der Waals surface area contributed by atoms with Gasteiger partial charge in [0.2, 0.25) is 0 Å². The number of nitrogens with zero attached hydrogens (tertiary/aromatic N) is 1. The van der Waals surface area contributed by atoms with Crippen molar-refractivity contribution < 1.29 is 9.53 Å². The molecule has 0 unspecified atom stereocenters. The number of ketones is 1. The van der Waals surface area contributed by atoms with Crippen LogP contribution < -0.4 is 0 Å². The van der Waals surface area contributed by atoms with Gasteiger partial charge in [0.25, 0.3) is 0 Å². The smallest absolute Gasteiger partial charge is 0.132 e. The molecule has 0 amide bonds. The Morgan fingerprint density at radius 3 is 2.27 bits per heavy atom. The third-order valence-corrected chi connectivity index (χ3v) is 3.83. The van der Waals surface area contributed by atoms with Gasteiger partial charge >= 0.3 is 0 Å². The van der Waals surface area contributed by atoms with Crippen LogP contribution in [0, 0.1) is 5.92 Å². The molecule has 3 heteroatoms. The Hall–Kier alpha value is -0.410. The zero-order valence-corrected chi connectivity index (χ0v) is 9.58. The van der Waals surface area contributed by atoms with Crippen LogP contribution in [0.2, 0.25) is 0 Å². The molecule has 2 rings (SSSR count). The van der Waals surface area contributed by atoms with Gasteiger partial charge in [-0.3, -0.25) is 9.69 Å². The molecule has 2 aliphatic rings. The molecule has 1 saturated carbocycles. The standard InChI is InChI=1S/C12H21NO2/c1-10(14)11-2-4-12(5-3-11)13-6-8-15-9-7-13/h11-12H,2-9H2,1H3/t11-,12-. The van der Waals surface area contributed by atoms with E-state index in [1.54, 1.807) is 6.92 Å². The normalized spacial score (nSPS) is 33.9. The molecule has 0 bridgehead atoms. The van der Waals surface area contributed by atoms with Gasteiger partial charge in [0.05, 0.1) is 13.2 Å². The SMILES string of the molecule is CC(=O)[C@H]1CC[C@H](N2CCOCC2)CC1. The van der Waals surface area contributed by atoms with Crippen molar-refractivity contribution in [2.75, 3.05) is 26.3 Å². The monoisotopic (exact) mass is 211 g/mol. The van der Waals surface area contributed by atoms with Crippen molar-refractivity contribution in [3.8, 4) is 0 Å². The highest BCUT2D eigenvalue weighted by Crippen LogP contribution is 2.28. The van der Waals surface area contributed by atoms with Gasteiger partial charge in [-0.05, 0) is 32.6 Å². The van der Waals surface area contributed by atoms with Crippen molar-refractivity contribution in [1.82, 2.24) is 4.90 Å². The maximum atomic E-state index is 11.2. The lowest BCUT2D eigenvalue weighted by Gasteiger charge is -2.38. The van der Waals surface area contributed by atoms with Gasteiger partial charge in [-0.1, -0.05) is 0 Å². The first-order valence-corrected chi connectivity index (χ1v) is 6.09. The van der Waals surface area contributed by atoms with E-state index >= 15 is 0 Å². The molecule has 0 aromatic carbocycles. The summed E-state index contributed by atoms with van der Waals surface area (Å²) in [6.45, 7) is 5.66. The molecule has 1 heterocycles. The Labute approximate surface area is 91.8 Å². The molecule has 0 N–H and O–H groups in total. The van der Waals surface area contributed by atoms with E-state index in [-0.39, 0.29) is 0 Å². The summed E-state index contributed by atoms with van der Waals surface area (Å²) in [5.41, 5.74) is 0. The first-order chi connectivity index (χ1) is 7.27. The number of hydrogen-bond acceptors (Lipinski definition) is 3. The van der Waals surface area contributed by atoms with E-state index in [2.05, 4.69) is 4.90 Å². The highest BCUT2D eigenvalue weighted by molar-refractivity contribution is 5.78. The summed E-state index contributed by atoms with van der Waals surface area (Å²) in [6, 6.07) is 0.712. The van der Waals surface area contributed by atoms with E-state index in [9.17, 15) is 4.79 Å². The van der Waals surface area contributed by atoms with Gasteiger partial charge in [-0.2, -0.15) is 0 Å². The number of carbonyl (C=O) groups excluding carboxylic acids is 1.